The van der Waals surface area contributed by atoms with E-state index in [1.165, 1.54) is 5.56 Å². The van der Waals surface area contributed by atoms with Gasteiger partial charge in [-0.1, -0.05) is 42.5 Å². The third kappa shape index (κ3) is 5.12. The molecule has 126 valence electrons. The molecule has 2 aromatic rings. The Morgan fingerprint density at radius 3 is 2.50 bits per heavy atom. The minimum absolute atomic E-state index is 0.422. The van der Waals surface area contributed by atoms with Crippen molar-refractivity contribution in [2.24, 2.45) is 10.7 Å². The van der Waals surface area contributed by atoms with Crippen LogP contribution in [0.3, 0.4) is 0 Å². The Morgan fingerprint density at radius 1 is 1.12 bits per heavy atom. The molecule has 3 N–H and O–H groups in total. The van der Waals surface area contributed by atoms with Crippen molar-refractivity contribution < 1.29 is 4.79 Å². The maximum atomic E-state index is 11.3. The number of primary amides is 1. The highest BCUT2D eigenvalue weighted by Gasteiger charge is 2.07. The predicted molar refractivity (Wildman–Crippen MR) is 97.7 cm³/mol. The zero-order valence-electron chi connectivity index (χ0n) is 14.2. The van der Waals surface area contributed by atoms with Crippen LogP contribution >= 0.6 is 0 Å². The fourth-order valence-corrected chi connectivity index (χ4v) is 2.39. The van der Waals surface area contributed by atoms with E-state index in [-0.39, 0.29) is 0 Å². The zero-order valence-corrected chi connectivity index (χ0v) is 14.2. The summed E-state index contributed by atoms with van der Waals surface area (Å²) in [6.07, 6.45) is 0. The Hall–Kier alpha value is -2.82. The quantitative estimate of drug-likeness (QED) is 0.633. The second kappa shape index (κ2) is 8.72. The van der Waals surface area contributed by atoms with Gasteiger partial charge in [0.2, 0.25) is 5.91 Å². The lowest BCUT2D eigenvalue weighted by Crippen LogP contribution is -2.38. The van der Waals surface area contributed by atoms with Crippen molar-refractivity contribution in [1.29, 1.82) is 0 Å². The lowest BCUT2D eigenvalue weighted by atomic mass is 10.1. The van der Waals surface area contributed by atoms with Crippen molar-refractivity contribution in [2.45, 2.75) is 20.0 Å². The van der Waals surface area contributed by atoms with Crippen LogP contribution in [-0.4, -0.2) is 30.4 Å². The second-order valence-corrected chi connectivity index (χ2v) is 5.58. The molecule has 2 rings (SSSR count). The number of carbonyl (C=O) groups excluding carboxylic acids is 1. The normalized spacial score (nSPS) is 11.2. The van der Waals surface area contributed by atoms with Gasteiger partial charge in [-0.25, -0.2) is 4.99 Å². The van der Waals surface area contributed by atoms with E-state index in [1.54, 1.807) is 12.1 Å². The molecular formula is C19H24N4O. The summed E-state index contributed by atoms with van der Waals surface area (Å²) >= 11 is 0. The number of guanidine groups is 1. The van der Waals surface area contributed by atoms with E-state index in [1.807, 2.05) is 44.3 Å². The molecule has 0 fully saturated rings. The van der Waals surface area contributed by atoms with E-state index in [4.69, 9.17) is 5.73 Å². The number of hydrogen-bond donors (Lipinski definition) is 2. The molecule has 2 aromatic carbocycles. The van der Waals surface area contributed by atoms with Crippen LogP contribution in [0.1, 0.15) is 28.4 Å². The summed E-state index contributed by atoms with van der Waals surface area (Å²) < 4.78 is 0. The molecule has 0 saturated carbocycles. The van der Waals surface area contributed by atoms with E-state index < -0.39 is 5.91 Å². The van der Waals surface area contributed by atoms with Crippen LogP contribution in [0.25, 0.3) is 0 Å². The van der Waals surface area contributed by atoms with Gasteiger partial charge in [0.25, 0.3) is 0 Å². The number of nitrogens with one attached hydrogen (secondary N) is 1. The maximum Gasteiger partial charge on any atom is 0.248 e. The average Bonchev–Trinajstić information content (AvgIpc) is 2.59. The van der Waals surface area contributed by atoms with Crippen LogP contribution in [-0.2, 0) is 13.1 Å². The number of carbonyl (C=O) groups is 1. The molecule has 1 amide bonds. The van der Waals surface area contributed by atoms with Crippen molar-refractivity contribution in [2.75, 3.05) is 13.6 Å². The van der Waals surface area contributed by atoms with Gasteiger partial charge < -0.3 is 16.0 Å². The Balaban J connectivity index is 2.09. The largest absolute Gasteiger partial charge is 0.366 e. The highest BCUT2D eigenvalue weighted by Crippen LogP contribution is 2.07. The molecule has 0 bridgehead atoms. The SMILES string of the molecule is CCNC(=NCc1cccc(C(N)=O)c1)N(C)Cc1ccccc1. The highest BCUT2D eigenvalue weighted by atomic mass is 16.1. The van der Waals surface area contributed by atoms with Gasteiger partial charge in [0, 0.05) is 25.7 Å². The minimum Gasteiger partial charge on any atom is -0.366 e. The Labute approximate surface area is 143 Å². The molecule has 0 aromatic heterocycles. The lowest BCUT2D eigenvalue weighted by molar-refractivity contribution is 0.1000. The van der Waals surface area contributed by atoms with Gasteiger partial charge in [0.1, 0.15) is 0 Å². The van der Waals surface area contributed by atoms with Crippen LogP contribution in [0.5, 0.6) is 0 Å². The van der Waals surface area contributed by atoms with E-state index >= 15 is 0 Å². The standard InChI is InChI=1S/C19H24N4O/c1-3-21-19(23(2)14-15-8-5-4-6-9-15)22-13-16-10-7-11-17(12-16)18(20)24/h4-12H,3,13-14H2,1-2H3,(H2,20,24)(H,21,22). The van der Waals surface area contributed by atoms with Crippen molar-refractivity contribution in [3.05, 3.63) is 71.3 Å². The number of amides is 1. The molecule has 0 unspecified atom stereocenters. The summed E-state index contributed by atoms with van der Waals surface area (Å²) in [4.78, 5) is 18.0. The van der Waals surface area contributed by atoms with Gasteiger partial charge in [-0.3, -0.25) is 4.79 Å². The molecule has 0 aliphatic rings. The van der Waals surface area contributed by atoms with Crippen LogP contribution < -0.4 is 11.1 Å². The summed E-state index contributed by atoms with van der Waals surface area (Å²) in [5.74, 6) is 0.403. The van der Waals surface area contributed by atoms with Crippen molar-refractivity contribution in [3.63, 3.8) is 0 Å². The maximum absolute atomic E-state index is 11.3. The summed E-state index contributed by atoms with van der Waals surface area (Å²) in [7, 11) is 2.01. The third-order valence-electron chi connectivity index (χ3n) is 3.58. The summed E-state index contributed by atoms with van der Waals surface area (Å²) in [5.41, 5.74) is 8.01. The fraction of sp³-hybridized carbons (Fsp3) is 0.263. The van der Waals surface area contributed by atoms with E-state index in [0.29, 0.717) is 12.1 Å². The smallest absolute Gasteiger partial charge is 0.248 e. The number of nitrogens with zero attached hydrogens (tertiary/aromatic N) is 2. The van der Waals surface area contributed by atoms with E-state index in [2.05, 4.69) is 27.3 Å². The topological polar surface area (TPSA) is 70.7 Å². The van der Waals surface area contributed by atoms with E-state index in [9.17, 15) is 4.79 Å². The molecule has 0 aliphatic heterocycles. The molecule has 0 aliphatic carbocycles. The number of rotatable bonds is 6. The lowest BCUT2D eigenvalue weighted by Gasteiger charge is -2.22. The molecular weight excluding hydrogens is 300 g/mol. The molecule has 0 spiro atoms. The Morgan fingerprint density at radius 2 is 1.83 bits per heavy atom. The molecule has 0 saturated heterocycles. The van der Waals surface area contributed by atoms with Crippen LogP contribution in [0, 0.1) is 0 Å². The first-order valence-corrected chi connectivity index (χ1v) is 8.02. The summed E-state index contributed by atoms with van der Waals surface area (Å²) in [6, 6.07) is 17.5. The van der Waals surface area contributed by atoms with Crippen molar-refractivity contribution in [3.8, 4) is 0 Å². The molecule has 0 atom stereocenters. The number of nitrogens with two attached hydrogens (primary N) is 1. The summed E-state index contributed by atoms with van der Waals surface area (Å²) in [6.45, 7) is 4.09. The minimum atomic E-state index is -0.422. The van der Waals surface area contributed by atoms with Crippen molar-refractivity contribution in [1.82, 2.24) is 10.2 Å². The van der Waals surface area contributed by atoms with Crippen LogP contribution in [0.15, 0.2) is 59.6 Å². The van der Waals surface area contributed by atoms with Gasteiger partial charge in [0.05, 0.1) is 6.54 Å². The van der Waals surface area contributed by atoms with E-state index in [0.717, 1.165) is 24.6 Å². The second-order valence-electron chi connectivity index (χ2n) is 5.58. The van der Waals surface area contributed by atoms with Gasteiger partial charge in [-0.2, -0.15) is 0 Å². The first-order chi connectivity index (χ1) is 11.6. The van der Waals surface area contributed by atoms with Crippen LogP contribution in [0.2, 0.25) is 0 Å². The number of benzene rings is 2. The number of aliphatic imine (C=N–C) groups is 1. The molecule has 5 nitrogen and oxygen atoms in total. The molecule has 24 heavy (non-hydrogen) atoms. The highest BCUT2D eigenvalue weighted by molar-refractivity contribution is 5.92. The number of hydrogen-bond acceptors (Lipinski definition) is 2. The van der Waals surface area contributed by atoms with Crippen molar-refractivity contribution >= 4 is 11.9 Å². The van der Waals surface area contributed by atoms with Gasteiger partial charge in [-0.15, -0.1) is 0 Å². The van der Waals surface area contributed by atoms with Gasteiger partial charge in [-0.05, 0) is 30.2 Å². The predicted octanol–water partition coefficient (Wildman–Crippen LogP) is 2.38. The van der Waals surface area contributed by atoms with Gasteiger partial charge >= 0.3 is 0 Å². The third-order valence-corrected chi connectivity index (χ3v) is 3.58. The first-order valence-electron chi connectivity index (χ1n) is 8.02. The average molecular weight is 324 g/mol. The fourth-order valence-electron chi connectivity index (χ4n) is 2.39. The van der Waals surface area contributed by atoms with Crippen LogP contribution in [0.4, 0.5) is 0 Å². The molecule has 0 heterocycles. The van der Waals surface area contributed by atoms with Gasteiger partial charge in [0.15, 0.2) is 5.96 Å². The Bertz CT molecular complexity index is 698. The first kappa shape index (κ1) is 17.5. The Kier molecular flexibility index (Phi) is 6.37. The monoisotopic (exact) mass is 324 g/mol. The molecule has 0 radical (unpaired) electrons. The summed E-state index contributed by atoms with van der Waals surface area (Å²) in [5, 5.41) is 3.29. The molecule has 5 heteroatoms. The zero-order chi connectivity index (χ0) is 17.4.